The highest BCUT2D eigenvalue weighted by Crippen LogP contribution is 2.38. The lowest BCUT2D eigenvalue weighted by atomic mass is 10.3. The Labute approximate surface area is 105 Å². The molecule has 0 radical (unpaired) electrons. The van der Waals surface area contributed by atoms with Crippen LogP contribution in [0.3, 0.4) is 0 Å². The number of benzene rings is 1. The van der Waals surface area contributed by atoms with Crippen molar-refractivity contribution in [3.05, 3.63) is 34.7 Å². The highest BCUT2D eigenvalue weighted by molar-refractivity contribution is 7.23. The number of thiazole rings is 1. The van der Waals surface area contributed by atoms with Gasteiger partial charge in [0.15, 0.2) is 0 Å². The number of thiophene rings is 1. The molecule has 0 bridgehead atoms. The summed E-state index contributed by atoms with van der Waals surface area (Å²) in [6, 6.07) is 7.74. The third-order valence-electron chi connectivity index (χ3n) is 2.29. The average Bonchev–Trinajstić information content (AvgIpc) is 2.84. The van der Waals surface area contributed by atoms with Gasteiger partial charge in [-0.3, -0.25) is 0 Å². The fraction of sp³-hybridized carbons (Fsp3) is 0. The summed E-state index contributed by atoms with van der Waals surface area (Å²) in [4.78, 5) is 4.54. The first kappa shape index (κ1) is 10.1. The van der Waals surface area contributed by atoms with Gasteiger partial charge in [-0.15, -0.1) is 22.7 Å². The third-order valence-corrected chi connectivity index (χ3v) is 4.60. The predicted molar refractivity (Wildman–Crippen MR) is 72.4 cm³/mol. The van der Waals surface area contributed by atoms with E-state index in [1.807, 2.05) is 29.6 Å². The summed E-state index contributed by atoms with van der Waals surface area (Å²) in [5.41, 5.74) is 7.82. The molecule has 5 heteroatoms. The first-order chi connectivity index (χ1) is 7.75. The highest BCUT2D eigenvalue weighted by Gasteiger charge is 2.11. The van der Waals surface area contributed by atoms with E-state index in [1.54, 1.807) is 11.3 Å². The lowest BCUT2D eigenvalue weighted by Crippen LogP contribution is -1.81. The van der Waals surface area contributed by atoms with Crippen molar-refractivity contribution in [2.45, 2.75) is 0 Å². The Balaban J connectivity index is 2.27. The largest absolute Gasteiger partial charge is 0.390 e. The summed E-state index contributed by atoms with van der Waals surface area (Å²) in [5.74, 6) is 0. The Bertz CT molecular complexity index is 657. The molecule has 80 valence electrons. The van der Waals surface area contributed by atoms with Gasteiger partial charge in [-0.05, 0) is 23.6 Å². The molecule has 0 aliphatic rings. The molecule has 0 fully saturated rings. The SMILES string of the molecule is Nc1sccc1-c1nc2cccc(Cl)c2s1. The Hall–Kier alpha value is -1.10. The second-order valence-corrected chi connectivity index (χ2v) is 5.66. The van der Waals surface area contributed by atoms with Crippen LogP contribution in [0.2, 0.25) is 5.02 Å². The molecule has 0 saturated carbocycles. The molecule has 16 heavy (non-hydrogen) atoms. The molecule has 3 aromatic rings. The molecular formula is C11H7ClN2S2. The Morgan fingerprint density at radius 1 is 1.25 bits per heavy atom. The molecule has 2 aromatic heterocycles. The maximum atomic E-state index is 6.11. The minimum absolute atomic E-state index is 0.745. The van der Waals surface area contributed by atoms with Crippen LogP contribution in [-0.4, -0.2) is 4.98 Å². The maximum Gasteiger partial charge on any atom is 0.127 e. The smallest absolute Gasteiger partial charge is 0.127 e. The molecule has 0 atom stereocenters. The van der Waals surface area contributed by atoms with E-state index in [2.05, 4.69) is 4.98 Å². The molecule has 0 aliphatic heterocycles. The number of rotatable bonds is 1. The summed E-state index contributed by atoms with van der Waals surface area (Å²) in [5, 5.41) is 4.45. The van der Waals surface area contributed by atoms with Crippen molar-refractivity contribution in [2.24, 2.45) is 0 Å². The van der Waals surface area contributed by atoms with Gasteiger partial charge < -0.3 is 5.73 Å². The standard InChI is InChI=1S/C11H7ClN2S2/c12-7-2-1-3-8-9(7)16-11(14-8)6-4-5-15-10(6)13/h1-5H,13H2. The number of hydrogen-bond acceptors (Lipinski definition) is 4. The molecule has 2 nitrogen and oxygen atoms in total. The zero-order valence-corrected chi connectivity index (χ0v) is 10.5. The van der Waals surface area contributed by atoms with Crippen LogP contribution in [0.5, 0.6) is 0 Å². The van der Waals surface area contributed by atoms with Gasteiger partial charge in [-0.2, -0.15) is 0 Å². The van der Waals surface area contributed by atoms with E-state index >= 15 is 0 Å². The zero-order chi connectivity index (χ0) is 11.1. The number of hydrogen-bond donors (Lipinski definition) is 1. The Morgan fingerprint density at radius 3 is 2.81 bits per heavy atom. The van der Waals surface area contributed by atoms with E-state index in [0.717, 1.165) is 30.8 Å². The van der Waals surface area contributed by atoms with Crippen LogP contribution in [-0.2, 0) is 0 Å². The number of anilines is 1. The fourth-order valence-corrected chi connectivity index (χ4v) is 3.53. The number of nitrogen functional groups attached to an aromatic ring is 1. The van der Waals surface area contributed by atoms with Gasteiger partial charge in [0.2, 0.25) is 0 Å². The van der Waals surface area contributed by atoms with Crippen LogP contribution in [0, 0.1) is 0 Å². The lowest BCUT2D eigenvalue weighted by molar-refractivity contribution is 1.49. The van der Waals surface area contributed by atoms with E-state index < -0.39 is 0 Å². The number of aromatic nitrogens is 1. The number of nitrogens with two attached hydrogens (primary N) is 1. The Kier molecular flexibility index (Phi) is 2.35. The second kappa shape index (κ2) is 3.73. The Morgan fingerprint density at radius 2 is 2.12 bits per heavy atom. The lowest BCUT2D eigenvalue weighted by Gasteiger charge is -1.90. The van der Waals surface area contributed by atoms with Crippen molar-refractivity contribution in [1.29, 1.82) is 0 Å². The third kappa shape index (κ3) is 1.50. The highest BCUT2D eigenvalue weighted by atomic mass is 35.5. The average molecular weight is 267 g/mol. The van der Waals surface area contributed by atoms with Crippen LogP contribution < -0.4 is 5.73 Å². The minimum Gasteiger partial charge on any atom is -0.390 e. The first-order valence-electron chi connectivity index (χ1n) is 4.64. The summed E-state index contributed by atoms with van der Waals surface area (Å²) in [6.45, 7) is 0. The molecule has 3 rings (SSSR count). The van der Waals surface area contributed by atoms with E-state index in [4.69, 9.17) is 17.3 Å². The zero-order valence-electron chi connectivity index (χ0n) is 8.11. The van der Waals surface area contributed by atoms with E-state index in [1.165, 1.54) is 11.3 Å². The van der Waals surface area contributed by atoms with Crippen LogP contribution >= 0.6 is 34.3 Å². The summed E-state index contributed by atoms with van der Waals surface area (Å²) in [6.07, 6.45) is 0. The maximum absolute atomic E-state index is 6.11. The summed E-state index contributed by atoms with van der Waals surface area (Å²) in [7, 11) is 0. The van der Waals surface area contributed by atoms with Crippen molar-refractivity contribution < 1.29 is 0 Å². The first-order valence-corrected chi connectivity index (χ1v) is 6.71. The van der Waals surface area contributed by atoms with Crippen LogP contribution in [0.25, 0.3) is 20.8 Å². The molecule has 2 heterocycles. The molecule has 0 aliphatic carbocycles. The second-order valence-electron chi connectivity index (χ2n) is 3.31. The van der Waals surface area contributed by atoms with Crippen molar-refractivity contribution in [3.63, 3.8) is 0 Å². The number of fused-ring (bicyclic) bond motifs is 1. The van der Waals surface area contributed by atoms with Crippen molar-refractivity contribution in [1.82, 2.24) is 4.98 Å². The van der Waals surface area contributed by atoms with Crippen molar-refractivity contribution in [3.8, 4) is 10.6 Å². The van der Waals surface area contributed by atoms with Crippen LogP contribution in [0.4, 0.5) is 5.00 Å². The van der Waals surface area contributed by atoms with Gasteiger partial charge in [-0.1, -0.05) is 17.7 Å². The van der Waals surface area contributed by atoms with Gasteiger partial charge in [-0.25, -0.2) is 4.98 Å². The molecule has 1 aromatic carbocycles. The van der Waals surface area contributed by atoms with Gasteiger partial charge in [0.05, 0.1) is 20.2 Å². The van der Waals surface area contributed by atoms with E-state index in [0.29, 0.717) is 0 Å². The van der Waals surface area contributed by atoms with Crippen molar-refractivity contribution in [2.75, 3.05) is 5.73 Å². The van der Waals surface area contributed by atoms with Crippen molar-refractivity contribution >= 4 is 49.5 Å². The summed E-state index contributed by atoms with van der Waals surface area (Å²) >= 11 is 9.22. The molecule has 2 N–H and O–H groups in total. The number of nitrogens with zero attached hydrogens (tertiary/aromatic N) is 1. The summed E-state index contributed by atoms with van der Waals surface area (Å²) < 4.78 is 1.02. The molecule has 0 amide bonds. The molecular weight excluding hydrogens is 260 g/mol. The fourth-order valence-electron chi connectivity index (χ4n) is 1.53. The van der Waals surface area contributed by atoms with Gasteiger partial charge in [0, 0.05) is 5.56 Å². The minimum atomic E-state index is 0.745. The molecule has 0 unspecified atom stereocenters. The normalized spacial score (nSPS) is 11.1. The number of halogens is 1. The predicted octanol–water partition coefficient (Wildman–Crippen LogP) is 4.26. The monoisotopic (exact) mass is 266 g/mol. The van der Waals surface area contributed by atoms with E-state index in [9.17, 15) is 0 Å². The quantitative estimate of drug-likeness (QED) is 0.715. The molecule has 0 spiro atoms. The van der Waals surface area contributed by atoms with E-state index in [-0.39, 0.29) is 0 Å². The van der Waals surface area contributed by atoms with Gasteiger partial charge in [0.1, 0.15) is 5.01 Å². The van der Waals surface area contributed by atoms with Gasteiger partial charge >= 0.3 is 0 Å². The van der Waals surface area contributed by atoms with Crippen LogP contribution in [0.15, 0.2) is 29.6 Å². The topological polar surface area (TPSA) is 38.9 Å². The van der Waals surface area contributed by atoms with Crippen LogP contribution in [0.1, 0.15) is 0 Å². The molecule has 0 saturated heterocycles. The van der Waals surface area contributed by atoms with Gasteiger partial charge in [0.25, 0.3) is 0 Å².